The van der Waals surface area contributed by atoms with E-state index < -0.39 is 15.9 Å². The maximum absolute atomic E-state index is 13.0. The van der Waals surface area contributed by atoms with Gasteiger partial charge in [0.25, 0.3) is 5.91 Å². The van der Waals surface area contributed by atoms with E-state index in [1.807, 2.05) is 31.2 Å². The quantitative estimate of drug-likeness (QED) is 0.871. The lowest BCUT2D eigenvalue weighted by Crippen LogP contribution is -2.36. The predicted octanol–water partition coefficient (Wildman–Crippen LogP) is 3.68. The van der Waals surface area contributed by atoms with Crippen molar-refractivity contribution in [2.24, 2.45) is 0 Å². The number of nitrogens with zero attached hydrogens (tertiary/aromatic N) is 1. The summed E-state index contributed by atoms with van der Waals surface area (Å²) in [4.78, 5) is 12.9. The van der Waals surface area contributed by atoms with Crippen molar-refractivity contribution in [1.82, 2.24) is 4.31 Å². The molecule has 6 heteroatoms. The molecule has 1 saturated heterocycles. The Morgan fingerprint density at radius 3 is 2.38 bits per heavy atom. The summed E-state index contributed by atoms with van der Waals surface area (Å²) in [5.74, 6) is -0.401. The van der Waals surface area contributed by atoms with Crippen molar-refractivity contribution in [3.8, 4) is 0 Å². The van der Waals surface area contributed by atoms with Crippen molar-refractivity contribution in [3.63, 3.8) is 0 Å². The van der Waals surface area contributed by atoms with Crippen molar-refractivity contribution in [2.75, 3.05) is 18.4 Å². The van der Waals surface area contributed by atoms with Crippen LogP contribution >= 0.6 is 0 Å². The van der Waals surface area contributed by atoms with Gasteiger partial charge >= 0.3 is 0 Å². The molecular formula is C20H24N2O3S. The molecular weight excluding hydrogens is 348 g/mol. The summed E-state index contributed by atoms with van der Waals surface area (Å²) in [6.45, 7) is 3.04. The van der Waals surface area contributed by atoms with Crippen molar-refractivity contribution in [1.29, 1.82) is 0 Å². The van der Waals surface area contributed by atoms with E-state index in [2.05, 4.69) is 5.32 Å². The molecule has 2 aromatic rings. The molecule has 0 radical (unpaired) electrons. The zero-order valence-electron chi connectivity index (χ0n) is 14.9. The lowest BCUT2D eigenvalue weighted by Gasteiger charge is -2.26. The number of rotatable bonds is 5. The Balaban J connectivity index is 1.92. The van der Waals surface area contributed by atoms with Crippen LogP contribution in [0.15, 0.2) is 53.4 Å². The molecule has 0 saturated carbocycles. The van der Waals surface area contributed by atoms with Crippen molar-refractivity contribution < 1.29 is 13.2 Å². The van der Waals surface area contributed by atoms with Crippen molar-refractivity contribution >= 4 is 21.6 Å². The Hall–Kier alpha value is -2.18. The first kappa shape index (κ1) is 18.6. The van der Waals surface area contributed by atoms with Crippen LogP contribution in [-0.2, 0) is 16.4 Å². The number of hydrogen-bond acceptors (Lipinski definition) is 3. The van der Waals surface area contributed by atoms with E-state index in [4.69, 9.17) is 0 Å². The second-order valence-electron chi connectivity index (χ2n) is 6.43. The monoisotopic (exact) mass is 372 g/mol. The second kappa shape index (κ2) is 8.01. The van der Waals surface area contributed by atoms with Crippen LogP contribution in [0.3, 0.4) is 0 Å². The normalized spacial score (nSPS) is 15.6. The molecule has 1 N–H and O–H groups in total. The highest BCUT2D eigenvalue weighted by atomic mass is 32.2. The molecule has 138 valence electrons. The Morgan fingerprint density at radius 2 is 1.65 bits per heavy atom. The van der Waals surface area contributed by atoms with Gasteiger partial charge in [-0.25, -0.2) is 8.42 Å². The Labute approximate surface area is 155 Å². The minimum Gasteiger partial charge on any atom is -0.322 e. The van der Waals surface area contributed by atoms with Gasteiger partial charge in [0.1, 0.15) is 0 Å². The van der Waals surface area contributed by atoms with E-state index in [9.17, 15) is 13.2 Å². The number of hydrogen-bond donors (Lipinski definition) is 1. The molecule has 0 aliphatic carbocycles. The fraction of sp³-hybridized carbons (Fsp3) is 0.350. The summed E-state index contributed by atoms with van der Waals surface area (Å²) < 4.78 is 27.6. The largest absolute Gasteiger partial charge is 0.322 e. The number of sulfonamides is 1. The van der Waals surface area contributed by atoms with Crippen LogP contribution in [-0.4, -0.2) is 31.7 Å². The van der Waals surface area contributed by atoms with E-state index in [1.54, 1.807) is 18.2 Å². The Bertz CT molecular complexity index is 887. The predicted molar refractivity (Wildman–Crippen MR) is 103 cm³/mol. The average molecular weight is 372 g/mol. The average Bonchev–Trinajstić information content (AvgIpc) is 2.69. The highest BCUT2D eigenvalue weighted by molar-refractivity contribution is 7.89. The topological polar surface area (TPSA) is 66.5 Å². The van der Waals surface area contributed by atoms with Crippen LogP contribution in [0.2, 0.25) is 0 Å². The maximum Gasteiger partial charge on any atom is 0.257 e. The van der Waals surface area contributed by atoms with E-state index in [0.29, 0.717) is 18.8 Å². The van der Waals surface area contributed by atoms with Crippen LogP contribution in [0.4, 0.5) is 5.69 Å². The third kappa shape index (κ3) is 3.81. The molecule has 1 fully saturated rings. The minimum atomic E-state index is -3.67. The lowest BCUT2D eigenvalue weighted by molar-refractivity contribution is 0.102. The van der Waals surface area contributed by atoms with E-state index >= 15 is 0 Å². The molecule has 0 spiro atoms. The Kier molecular flexibility index (Phi) is 5.74. The third-order valence-corrected chi connectivity index (χ3v) is 6.67. The van der Waals surface area contributed by atoms with Gasteiger partial charge in [0.15, 0.2) is 0 Å². The smallest absolute Gasteiger partial charge is 0.257 e. The number of amides is 1. The zero-order valence-corrected chi connectivity index (χ0v) is 15.8. The van der Waals surface area contributed by atoms with Gasteiger partial charge in [-0.1, -0.05) is 43.7 Å². The number of para-hydroxylation sites is 1. The van der Waals surface area contributed by atoms with Crippen LogP contribution in [0.25, 0.3) is 0 Å². The van der Waals surface area contributed by atoms with E-state index in [0.717, 1.165) is 31.2 Å². The summed E-state index contributed by atoms with van der Waals surface area (Å²) >= 11 is 0. The van der Waals surface area contributed by atoms with Crippen LogP contribution in [0, 0.1) is 0 Å². The van der Waals surface area contributed by atoms with E-state index in [1.165, 1.54) is 10.4 Å². The minimum absolute atomic E-state index is 0.0772. The molecule has 1 aliphatic rings. The fourth-order valence-corrected chi connectivity index (χ4v) is 4.97. The first-order valence-corrected chi connectivity index (χ1v) is 10.5. The van der Waals surface area contributed by atoms with E-state index in [-0.39, 0.29) is 10.5 Å². The van der Waals surface area contributed by atoms with Gasteiger partial charge in [-0.3, -0.25) is 4.79 Å². The summed E-state index contributed by atoms with van der Waals surface area (Å²) in [6, 6.07) is 14.0. The maximum atomic E-state index is 13.0. The number of piperidine rings is 1. The molecule has 0 bridgehead atoms. The second-order valence-corrected chi connectivity index (χ2v) is 8.33. The number of nitrogens with one attached hydrogen (secondary N) is 1. The number of aryl methyl sites for hydroxylation is 1. The third-order valence-electron chi connectivity index (χ3n) is 4.71. The van der Waals surface area contributed by atoms with Gasteiger partial charge in [0.2, 0.25) is 10.0 Å². The molecule has 0 atom stereocenters. The molecule has 26 heavy (non-hydrogen) atoms. The summed E-state index contributed by atoms with van der Waals surface area (Å²) in [6.07, 6.45) is 3.54. The van der Waals surface area contributed by atoms with Gasteiger partial charge in [-0.2, -0.15) is 4.31 Å². The van der Waals surface area contributed by atoms with Gasteiger partial charge in [0, 0.05) is 18.8 Å². The standard InChI is InChI=1S/C20H24N2O3S/c1-2-16-10-4-6-12-18(16)21-20(23)17-11-5-7-13-19(17)26(24,25)22-14-8-3-9-15-22/h4-7,10-13H,2-3,8-9,14-15H2,1H3,(H,21,23). The molecule has 0 unspecified atom stereocenters. The SMILES string of the molecule is CCc1ccccc1NC(=O)c1ccccc1S(=O)(=O)N1CCCCC1. The van der Waals surface area contributed by atoms with Gasteiger partial charge in [-0.15, -0.1) is 0 Å². The van der Waals surface area contributed by atoms with Crippen LogP contribution < -0.4 is 5.32 Å². The highest BCUT2D eigenvalue weighted by Crippen LogP contribution is 2.25. The number of carbonyl (C=O) groups is 1. The zero-order chi connectivity index (χ0) is 18.6. The van der Waals surface area contributed by atoms with Crippen molar-refractivity contribution in [3.05, 3.63) is 59.7 Å². The van der Waals surface area contributed by atoms with Gasteiger partial charge in [0.05, 0.1) is 10.5 Å². The van der Waals surface area contributed by atoms with Crippen molar-refractivity contribution in [2.45, 2.75) is 37.5 Å². The highest BCUT2D eigenvalue weighted by Gasteiger charge is 2.29. The molecule has 1 heterocycles. The molecule has 1 aliphatic heterocycles. The molecule has 3 rings (SSSR count). The van der Waals surface area contributed by atoms with Crippen LogP contribution in [0.1, 0.15) is 42.1 Å². The molecule has 5 nitrogen and oxygen atoms in total. The summed E-state index contributed by atoms with van der Waals surface area (Å²) in [5, 5.41) is 2.87. The van der Waals surface area contributed by atoms with Crippen LogP contribution in [0.5, 0.6) is 0 Å². The number of carbonyl (C=O) groups excluding carboxylic acids is 1. The van der Waals surface area contributed by atoms with Gasteiger partial charge in [-0.05, 0) is 43.0 Å². The first-order valence-electron chi connectivity index (χ1n) is 9.02. The fourth-order valence-electron chi connectivity index (χ4n) is 3.26. The molecule has 2 aromatic carbocycles. The number of anilines is 1. The van der Waals surface area contributed by atoms with Gasteiger partial charge < -0.3 is 5.32 Å². The summed E-state index contributed by atoms with van der Waals surface area (Å²) in [5.41, 5.74) is 1.91. The summed E-state index contributed by atoms with van der Waals surface area (Å²) in [7, 11) is -3.67. The molecule has 0 aromatic heterocycles. The first-order chi connectivity index (χ1) is 12.5. The number of benzene rings is 2. The lowest BCUT2D eigenvalue weighted by atomic mass is 10.1. The molecule has 1 amide bonds. The Morgan fingerprint density at radius 1 is 1.00 bits per heavy atom.